The molecule has 1 aromatic carbocycles. The zero-order valence-corrected chi connectivity index (χ0v) is 7.99. The van der Waals surface area contributed by atoms with E-state index in [1.165, 1.54) is 0 Å². The topological polar surface area (TPSA) is 44.5 Å². The molecule has 0 spiro atoms. The molecule has 0 amide bonds. The zero-order valence-electron chi connectivity index (χ0n) is 7.99. The smallest absolute Gasteiger partial charge is 0.123 e. The molecular formula is C10H15NO2. The van der Waals surface area contributed by atoms with Gasteiger partial charge in [-0.15, -0.1) is 0 Å². The lowest BCUT2D eigenvalue weighted by Crippen LogP contribution is -2.22. The number of rotatable bonds is 4. The molecule has 1 aromatic rings. The van der Waals surface area contributed by atoms with Gasteiger partial charge in [-0.1, -0.05) is 6.07 Å². The molecule has 0 aliphatic heterocycles. The molecule has 1 rings (SSSR count). The van der Waals surface area contributed by atoms with Gasteiger partial charge in [-0.25, -0.2) is 0 Å². The van der Waals surface area contributed by atoms with Crippen LogP contribution >= 0.6 is 0 Å². The van der Waals surface area contributed by atoms with Crippen molar-refractivity contribution in [3.8, 4) is 11.5 Å². The Balaban J connectivity index is 2.66. The molecule has 0 aliphatic rings. The molecule has 0 saturated carbocycles. The van der Waals surface area contributed by atoms with Crippen molar-refractivity contribution in [3.63, 3.8) is 0 Å². The van der Waals surface area contributed by atoms with E-state index in [4.69, 9.17) is 15.2 Å². The highest BCUT2D eigenvalue weighted by Crippen LogP contribution is 2.19. The Bertz CT molecular complexity index is 263. The molecule has 0 heterocycles. The predicted octanol–water partition coefficient (Wildman–Crippen LogP) is 1.42. The van der Waals surface area contributed by atoms with Gasteiger partial charge in [-0.05, 0) is 19.1 Å². The first-order chi connectivity index (χ1) is 6.26. The normalized spacial score (nSPS) is 12.2. The Morgan fingerprint density at radius 3 is 2.69 bits per heavy atom. The molecule has 0 saturated heterocycles. The van der Waals surface area contributed by atoms with E-state index in [1.54, 1.807) is 7.11 Å². The van der Waals surface area contributed by atoms with Crippen LogP contribution in [0.15, 0.2) is 24.3 Å². The van der Waals surface area contributed by atoms with E-state index in [0.717, 1.165) is 11.5 Å². The molecule has 0 bridgehead atoms. The lowest BCUT2D eigenvalue weighted by Gasteiger charge is -2.12. The second-order valence-electron chi connectivity index (χ2n) is 2.84. The predicted molar refractivity (Wildman–Crippen MR) is 52.1 cm³/mol. The Kier molecular flexibility index (Phi) is 3.58. The van der Waals surface area contributed by atoms with Gasteiger partial charge in [-0.2, -0.15) is 0 Å². The van der Waals surface area contributed by atoms with Crippen molar-refractivity contribution in [2.45, 2.75) is 13.0 Å². The van der Waals surface area contributed by atoms with Crippen molar-refractivity contribution in [1.82, 2.24) is 0 Å². The average molecular weight is 181 g/mol. The molecule has 2 N–H and O–H groups in total. The third kappa shape index (κ3) is 2.95. The molecule has 3 nitrogen and oxygen atoms in total. The number of hydrogen-bond donors (Lipinski definition) is 1. The fourth-order valence-electron chi connectivity index (χ4n) is 0.955. The molecular weight excluding hydrogens is 166 g/mol. The third-order valence-corrected chi connectivity index (χ3v) is 1.71. The monoisotopic (exact) mass is 181 g/mol. The highest BCUT2D eigenvalue weighted by molar-refractivity contribution is 5.32. The number of benzene rings is 1. The number of ether oxygens (including phenoxy) is 2. The summed E-state index contributed by atoms with van der Waals surface area (Å²) in [7, 11) is 1.63. The van der Waals surface area contributed by atoms with Gasteiger partial charge in [0.25, 0.3) is 0 Å². The van der Waals surface area contributed by atoms with Gasteiger partial charge < -0.3 is 15.2 Å². The minimum Gasteiger partial charge on any atom is -0.497 e. The summed E-state index contributed by atoms with van der Waals surface area (Å²) in [6.45, 7) is 2.44. The summed E-state index contributed by atoms with van der Waals surface area (Å²) in [5.41, 5.74) is 5.43. The molecule has 0 aliphatic carbocycles. The quantitative estimate of drug-likeness (QED) is 0.764. The Morgan fingerprint density at radius 1 is 1.38 bits per heavy atom. The first kappa shape index (κ1) is 9.86. The summed E-state index contributed by atoms with van der Waals surface area (Å²) in [5.74, 6) is 1.58. The summed E-state index contributed by atoms with van der Waals surface area (Å²) in [6, 6.07) is 7.48. The van der Waals surface area contributed by atoms with Gasteiger partial charge in [0.1, 0.15) is 17.6 Å². The van der Waals surface area contributed by atoms with Crippen LogP contribution in [0.2, 0.25) is 0 Å². The van der Waals surface area contributed by atoms with E-state index >= 15 is 0 Å². The van der Waals surface area contributed by atoms with Gasteiger partial charge >= 0.3 is 0 Å². The van der Waals surface area contributed by atoms with Crippen LogP contribution in [0.25, 0.3) is 0 Å². The Labute approximate surface area is 78.5 Å². The molecule has 13 heavy (non-hydrogen) atoms. The molecule has 0 radical (unpaired) electrons. The first-order valence-electron chi connectivity index (χ1n) is 4.27. The van der Waals surface area contributed by atoms with Crippen molar-refractivity contribution in [1.29, 1.82) is 0 Å². The number of methoxy groups -OCH3 is 1. The molecule has 0 unspecified atom stereocenters. The van der Waals surface area contributed by atoms with Gasteiger partial charge in [0.05, 0.1) is 7.11 Å². The van der Waals surface area contributed by atoms with Crippen molar-refractivity contribution < 1.29 is 9.47 Å². The lowest BCUT2D eigenvalue weighted by molar-refractivity contribution is 0.229. The minimum atomic E-state index is 0.0344. The first-order valence-corrected chi connectivity index (χ1v) is 4.27. The molecule has 72 valence electrons. The third-order valence-electron chi connectivity index (χ3n) is 1.71. The van der Waals surface area contributed by atoms with Crippen LogP contribution in [0.3, 0.4) is 0 Å². The van der Waals surface area contributed by atoms with Gasteiger partial charge in [0.2, 0.25) is 0 Å². The van der Waals surface area contributed by atoms with E-state index < -0.39 is 0 Å². The molecule has 0 fully saturated rings. The second-order valence-corrected chi connectivity index (χ2v) is 2.84. The van der Waals surface area contributed by atoms with Crippen molar-refractivity contribution >= 4 is 0 Å². The lowest BCUT2D eigenvalue weighted by atomic mass is 10.3. The van der Waals surface area contributed by atoms with E-state index in [1.807, 2.05) is 31.2 Å². The fraction of sp³-hybridized carbons (Fsp3) is 0.400. The number of hydrogen-bond acceptors (Lipinski definition) is 3. The van der Waals surface area contributed by atoms with Crippen LogP contribution in [0.5, 0.6) is 11.5 Å². The van der Waals surface area contributed by atoms with Crippen molar-refractivity contribution in [3.05, 3.63) is 24.3 Å². The van der Waals surface area contributed by atoms with E-state index in [2.05, 4.69) is 0 Å². The van der Waals surface area contributed by atoms with Crippen LogP contribution in [-0.4, -0.2) is 19.8 Å². The van der Waals surface area contributed by atoms with Crippen LogP contribution in [0.1, 0.15) is 6.92 Å². The fourth-order valence-corrected chi connectivity index (χ4v) is 0.955. The SMILES string of the molecule is COc1cccc(O[C@H](C)CN)c1. The molecule has 3 heteroatoms. The summed E-state index contributed by atoms with van der Waals surface area (Å²) in [4.78, 5) is 0. The van der Waals surface area contributed by atoms with E-state index in [9.17, 15) is 0 Å². The van der Waals surface area contributed by atoms with Gasteiger partial charge in [0, 0.05) is 12.6 Å². The zero-order chi connectivity index (χ0) is 9.68. The van der Waals surface area contributed by atoms with Crippen molar-refractivity contribution in [2.75, 3.05) is 13.7 Å². The maximum Gasteiger partial charge on any atom is 0.123 e. The summed E-state index contributed by atoms with van der Waals surface area (Å²) < 4.78 is 10.6. The summed E-state index contributed by atoms with van der Waals surface area (Å²) >= 11 is 0. The Morgan fingerprint density at radius 2 is 2.08 bits per heavy atom. The standard InChI is InChI=1S/C10H15NO2/c1-8(7-11)13-10-5-3-4-9(6-10)12-2/h3-6,8H,7,11H2,1-2H3/t8-/m1/s1. The molecule has 1 atom stereocenters. The van der Waals surface area contributed by atoms with Crippen LogP contribution in [0, 0.1) is 0 Å². The largest absolute Gasteiger partial charge is 0.497 e. The van der Waals surface area contributed by atoms with Gasteiger partial charge in [0.15, 0.2) is 0 Å². The van der Waals surface area contributed by atoms with Crippen molar-refractivity contribution in [2.24, 2.45) is 5.73 Å². The van der Waals surface area contributed by atoms with E-state index in [0.29, 0.717) is 6.54 Å². The number of nitrogens with two attached hydrogens (primary N) is 1. The maximum absolute atomic E-state index is 5.50. The van der Waals surface area contributed by atoms with Crippen LogP contribution in [-0.2, 0) is 0 Å². The summed E-state index contributed by atoms with van der Waals surface area (Å²) in [6.07, 6.45) is 0.0344. The highest BCUT2D eigenvalue weighted by atomic mass is 16.5. The van der Waals surface area contributed by atoms with Crippen LogP contribution in [0.4, 0.5) is 0 Å². The molecule has 0 aromatic heterocycles. The van der Waals surface area contributed by atoms with Gasteiger partial charge in [-0.3, -0.25) is 0 Å². The Hall–Kier alpha value is -1.22. The maximum atomic E-state index is 5.50. The highest BCUT2D eigenvalue weighted by Gasteiger charge is 2.01. The average Bonchev–Trinajstić information content (AvgIpc) is 2.18. The minimum absolute atomic E-state index is 0.0344. The van der Waals surface area contributed by atoms with E-state index in [-0.39, 0.29) is 6.10 Å². The van der Waals surface area contributed by atoms with Crippen LogP contribution < -0.4 is 15.2 Å². The second kappa shape index (κ2) is 4.72. The summed E-state index contributed by atoms with van der Waals surface area (Å²) in [5, 5.41) is 0.